The van der Waals surface area contributed by atoms with E-state index in [-0.39, 0.29) is 0 Å². The number of hydrogen-bond donors (Lipinski definition) is 1. The van der Waals surface area contributed by atoms with Gasteiger partial charge < -0.3 is 9.73 Å². The summed E-state index contributed by atoms with van der Waals surface area (Å²) in [6, 6.07) is 0. The Hall–Kier alpha value is -0.900. The van der Waals surface area contributed by atoms with Crippen molar-refractivity contribution in [2.24, 2.45) is 0 Å². The second-order valence-corrected chi connectivity index (χ2v) is 3.09. The van der Waals surface area contributed by atoms with E-state index in [0.29, 0.717) is 18.4 Å². The average Bonchev–Trinajstić information content (AvgIpc) is 2.83. The minimum Gasteiger partial charge on any atom is -0.424 e. The van der Waals surface area contributed by atoms with Crippen molar-refractivity contribution in [3.8, 4) is 0 Å². The Kier molecular flexibility index (Phi) is 2.08. The third-order valence-corrected chi connectivity index (χ3v) is 1.94. The smallest absolute Gasteiger partial charge is 0.230 e. The van der Waals surface area contributed by atoms with Crippen molar-refractivity contribution in [3.05, 3.63) is 11.8 Å². The van der Waals surface area contributed by atoms with Crippen LogP contribution in [-0.4, -0.2) is 16.7 Å². The maximum atomic E-state index is 5.42. The van der Waals surface area contributed by atoms with Crippen LogP contribution in [0.2, 0.25) is 0 Å². The maximum absolute atomic E-state index is 5.42. The van der Waals surface area contributed by atoms with Gasteiger partial charge in [-0.3, -0.25) is 0 Å². The minimum absolute atomic E-state index is 0.563. The molecule has 4 heteroatoms. The van der Waals surface area contributed by atoms with Gasteiger partial charge in [-0.15, -0.1) is 10.2 Å². The van der Waals surface area contributed by atoms with Gasteiger partial charge in [0.05, 0.1) is 6.54 Å². The molecule has 0 atom stereocenters. The third kappa shape index (κ3) is 1.64. The molecule has 0 bridgehead atoms. The Bertz CT molecular complexity index is 255. The number of nitrogens with zero attached hydrogens (tertiary/aromatic N) is 2. The highest BCUT2D eigenvalue weighted by atomic mass is 16.4. The fraction of sp³-hybridized carbons (Fsp3) is 0.750. The van der Waals surface area contributed by atoms with Crippen LogP contribution in [0.5, 0.6) is 0 Å². The predicted octanol–water partition coefficient (Wildman–Crippen LogP) is 1.06. The van der Waals surface area contributed by atoms with Crippen LogP contribution in [0.15, 0.2) is 4.42 Å². The zero-order valence-corrected chi connectivity index (χ0v) is 7.21. The minimum atomic E-state index is 0.563. The molecule has 1 aromatic heterocycles. The van der Waals surface area contributed by atoms with Crippen molar-refractivity contribution in [1.29, 1.82) is 0 Å². The molecule has 0 unspecified atom stereocenters. The molecule has 4 nitrogen and oxygen atoms in total. The van der Waals surface area contributed by atoms with E-state index < -0.39 is 0 Å². The monoisotopic (exact) mass is 167 g/mol. The second-order valence-electron chi connectivity index (χ2n) is 3.09. The average molecular weight is 167 g/mol. The lowest BCUT2D eigenvalue weighted by atomic mass is 10.4. The molecular formula is C8H13N3O. The molecule has 0 saturated heterocycles. The molecular weight excluding hydrogens is 154 g/mol. The highest BCUT2D eigenvalue weighted by Crippen LogP contribution is 2.38. The zero-order chi connectivity index (χ0) is 8.39. The molecule has 0 radical (unpaired) electrons. The topological polar surface area (TPSA) is 51.0 Å². The number of rotatable bonds is 4. The Labute approximate surface area is 71.4 Å². The molecule has 2 rings (SSSR count). The van der Waals surface area contributed by atoms with Gasteiger partial charge in [0.2, 0.25) is 11.8 Å². The molecule has 12 heavy (non-hydrogen) atoms. The number of nitrogens with one attached hydrogen (secondary N) is 1. The summed E-state index contributed by atoms with van der Waals surface area (Å²) in [5, 5.41) is 11.1. The standard InChI is InChI=1S/C8H13N3O/c1-2-9-5-7-10-11-8(12-7)6-3-4-6/h6,9H,2-5H2,1H3. The highest BCUT2D eigenvalue weighted by Gasteiger charge is 2.29. The van der Waals surface area contributed by atoms with Gasteiger partial charge in [0.15, 0.2) is 0 Å². The fourth-order valence-corrected chi connectivity index (χ4v) is 1.07. The number of aromatic nitrogens is 2. The van der Waals surface area contributed by atoms with Crippen molar-refractivity contribution in [1.82, 2.24) is 15.5 Å². The summed E-state index contributed by atoms with van der Waals surface area (Å²) in [6.07, 6.45) is 2.42. The van der Waals surface area contributed by atoms with E-state index in [1.165, 1.54) is 12.8 Å². The first kappa shape index (κ1) is 7.73. The van der Waals surface area contributed by atoms with E-state index in [2.05, 4.69) is 22.4 Å². The van der Waals surface area contributed by atoms with E-state index in [9.17, 15) is 0 Å². The summed E-state index contributed by atoms with van der Waals surface area (Å²) < 4.78 is 5.42. The lowest BCUT2D eigenvalue weighted by molar-refractivity contribution is 0.436. The Morgan fingerprint density at radius 3 is 3.00 bits per heavy atom. The molecule has 1 N–H and O–H groups in total. The van der Waals surface area contributed by atoms with Crippen LogP contribution in [-0.2, 0) is 6.54 Å². The summed E-state index contributed by atoms with van der Waals surface area (Å²) in [7, 11) is 0. The summed E-state index contributed by atoms with van der Waals surface area (Å²) in [6.45, 7) is 3.68. The van der Waals surface area contributed by atoms with Crippen LogP contribution >= 0.6 is 0 Å². The first-order chi connectivity index (χ1) is 5.90. The zero-order valence-electron chi connectivity index (χ0n) is 7.21. The van der Waals surface area contributed by atoms with Crippen molar-refractivity contribution in [3.63, 3.8) is 0 Å². The lowest BCUT2D eigenvalue weighted by Gasteiger charge is -1.93. The summed E-state index contributed by atoms with van der Waals surface area (Å²) in [5.41, 5.74) is 0. The molecule has 1 aromatic rings. The third-order valence-electron chi connectivity index (χ3n) is 1.94. The first-order valence-corrected chi connectivity index (χ1v) is 4.43. The van der Waals surface area contributed by atoms with Crippen molar-refractivity contribution in [2.45, 2.75) is 32.2 Å². The molecule has 66 valence electrons. The van der Waals surface area contributed by atoms with Crippen molar-refractivity contribution in [2.75, 3.05) is 6.54 Å². The van der Waals surface area contributed by atoms with Crippen LogP contribution in [0.3, 0.4) is 0 Å². The Morgan fingerprint density at radius 2 is 2.33 bits per heavy atom. The van der Waals surface area contributed by atoms with Gasteiger partial charge in [0.25, 0.3) is 0 Å². The molecule has 1 heterocycles. The van der Waals surface area contributed by atoms with Crippen LogP contribution < -0.4 is 5.32 Å². The molecule has 1 saturated carbocycles. The number of hydrogen-bond acceptors (Lipinski definition) is 4. The molecule has 0 aromatic carbocycles. The van der Waals surface area contributed by atoms with E-state index in [1.54, 1.807) is 0 Å². The SMILES string of the molecule is CCNCc1nnc(C2CC2)o1. The van der Waals surface area contributed by atoms with Gasteiger partial charge in [-0.25, -0.2) is 0 Å². The Morgan fingerprint density at radius 1 is 1.50 bits per heavy atom. The predicted molar refractivity (Wildman–Crippen MR) is 43.7 cm³/mol. The van der Waals surface area contributed by atoms with Gasteiger partial charge in [0, 0.05) is 5.92 Å². The van der Waals surface area contributed by atoms with Gasteiger partial charge in [-0.1, -0.05) is 6.92 Å². The first-order valence-electron chi connectivity index (χ1n) is 4.43. The van der Waals surface area contributed by atoms with Gasteiger partial charge in [-0.2, -0.15) is 0 Å². The lowest BCUT2D eigenvalue weighted by Crippen LogP contribution is -2.11. The van der Waals surface area contributed by atoms with Crippen LogP contribution in [0.25, 0.3) is 0 Å². The summed E-state index contributed by atoms with van der Waals surface area (Å²) >= 11 is 0. The molecule has 0 aliphatic heterocycles. The van der Waals surface area contributed by atoms with Gasteiger partial charge >= 0.3 is 0 Å². The molecule has 1 fully saturated rings. The normalized spacial score (nSPS) is 16.8. The van der Waals surface area contributed by atoms with E-state index in [0.717, 1.165) is 12.4 Å². The van der Waals surface area contributed by atoms with Crippen LogP contribution in [0.4, 0.5) is 0 Å². The fourth-order valence-electron chi connectivity index (χ4n) is 1.07. The highest BCUT2D eigenvalue weighted by molar-refractivity contribution is 4.99. The molecule has 1 aliphatic rings. The quantitative estimate of drug-likeness (QED) is 0.728. The van der Waals surface area contributed by atoms with Crippen LogP contribution in [0, 0.1) is 0 Å². The largest absolute Gasteiger partial charge is 0.424 e. The second kappa shape index (κ2) is 3.23. The van der Waals surface area contributed by atoms with Gasteiger partial charge in [0.1, 0.15) is 0 Å². The molecule has 0 amide bonds. The Balaban J connectivity index is 1.93. The molecule has 0 spiro atoms. The van der Waals surface area contributed by atoms with E-state index in [4.69, 9.17) is 4.42 Å². The van der Waals surface area contributed by atoms with Crippen molar-refractivity contribution >= 4 is 0 Å². The van der Waals surface area contributed by atoms with E-state index >= 15 is 0 Å². The maximum Gasteiger partial charge on any atom is 0.230 e. The summed E-state index contributed by atoms with van der Waals surface area (Å²) in [4.78, 5) is 0. The molecule has 1 aliphatic carbocycles. The summed E-state index contributed by atoms with van der Waals surface area (Å²) in [5.74, 6) is 2.09. The van der Waals surface area contributed by atoms with Crippen molar-refractivity contribution < 1.29 is 4.42 Å². The van der Waals surface area contributed by atoms with E-state index in [1.807, 2.05) is 0 Å². The van der Waals surface area contributed by atoms with Gasteiger partial charge in [-0.05, 0) is 19.4 Å². The van der Waals surface area contributed by atoms with Crippen LogP contribution in [0.1, 0.15) is 37.5 Å².